The van der Waals surface area contributed by atoms with Gasteiger partial charge in [0.25, 0.3) is 0 Å². The Morgan fingerprint density at radius 1 is 0.800 bits per heavy atom. The number of rotatable bonds is 17. The second-order valence-corrected chi connectivity index (χ2v) is 7.08. The summed E-state index contributed by atoms with van der Waals surface area (Å²) in [6, 6.07) is -2.79. The molecule has 0 saturated carbocycles. The number of carboxylic acids is 1. The SMILES string of the molecule is NCCCCC(N)C(=O)NC(CCCCN)C(=O)NC(CCCN=C(N)N)C(=O)O. The minimum Gasteiger partial charge on any atom is -0.480 e. The van der Waals surface area contributed by atoms with Crippen molar-refractivity contribution in [2.75, 3.05) is 19.6 Å². The van der Waals surface area contributed by atoms with Gasteiger partial charge in [-0.25, -0.2) is 4.79 Å². The zero-order valence-electron chi connectivity index (χ0n) is 17.5. The number of aliphatic carboxylic acids is 1. The van der Waals surface area contributed by atoms with Crippen molar-refractivity contribution >= 4 is 23.7 Å². The number of carboxylic acid groups (broad SMARTS) is 1. The molecule has 13 N–H and O–H groups in total. The first-order valence-corrected chi connectivity index (χ1v) is 10.3. The van der Waals surface area contributed by atoms with E-state index >= 15 is 0 Å². The van der Waals surface area contributed by atoms with E-state index in [1.54, 1.807) is 0 Å². The largest absolute Gasteiger partial charge is 0.480 e. The van der Waals surface area contributed by atoms with Gasteiger partial charge in [-0.1, -0.05) is 6.42 Å². The van der Waals surface area contributed by atoms with Crippen LogP contribution in [0.4, 0.5) is 0 Å². The number of unbranched alkanes of at least 4 members (excludes halogenated alkanes) is 2. The molecule has 0 saturated heterocycles. The Bertz CT molecular complexity index is 554. The molecule has 3 unspecified atom stereocenters. The summed E-state index contributed by atoms with van der Waals surface area (Å²) in [6.45, 7) is 1.21. The van der Waals surface area contributed by atoms with Gasteiger partial charge in [0.2, 0.25) is 11.8 Å². The first-order valence-electron chi connectivity index (χ1n) is 10.3. The van der Waals surface area contributed by atoms with Crippen molar-refractivity contribution < 1.29 is 19.5 Å². The summed E-state index contributed by atoms with van der Waals surface area (Å²) in [5, 5.41) is 14.5. The standard InChI is InChI=1S/C18H38N8O4/c19-9-3-1-6-12(21)15(27)25-13(7-2-4-10-20)16(28)26-14(17(29)30)8-5-11-24-18(22)23/h12-14H,1-11,19-21H2,(H,25,27)(H,26,28)(H,29,30)(H4,22,23,24). The van der Waals surface area contributed by atoms with Gasteiger partial charge in [-0.2, -0.15) is 0 Å². The van der Waals surface area contributed by atoms with Crippen molar-refractivity contribution in [3.63, 3.8) is 0 Å². The molecule has 0 heterocycles. The van der Waals surface area contributed by atoms with Gasteiger partial charge in [-0.3, -0.25) is 14.6 Å². The van der Waals surface area contributed by atoms with Crippen molar-refractivity contribution in [1.82, 2.24) is 10.6 Å². The van der Waals surface area contributed by atoms with Crippen molar-refractivity contribution in [3.8, 4) is 0 Å². The molecule has 0 spiro atoms. The van der Waals surface area contributed by atoms with Gasteiger partial charge in [0.05, 0.1) is 6.04 Å². The Labute approximate surface area is 177 Å². The molecule has 0 radical (unpaired) electrons. The van der Waals surface area contributed by atoms with E-state index < -0.39 is 35.9 Å². The number of nitrogens with zero attached hydrogens (tertiary/aromatic N) is 1. The van der Waals surface area contributed by atoms with Gasteiger partial charge in [0.1, 0.15) is 12.1 Å². The third-order valence-corrected chi connectivity index (χ3v) is 4.45. The van der Waals surface area contributed by atoms with Crippen molar-refractivity contribution in [2.45, 2.75) is 69.5 Å². The van der Waals surface area contributed by atoms with Gasteiger partial charge in [0, 0.05) is 6.54 Å². The van der Waals surface area contributed by atoms with E-state index in [9.17, 15) is 19.5 Å². The fourth-order valence-corrected chi connectivity index (χ4v) is 2.71. The van der Waals surface area contributed by atoms with Gasteiger partial charge >= 0.3 is 5.97 Å². The van der Waals surface area contributed by atoms with Crippen LogP contribution in [0.5, 0.6) is 0 Å². The van der Waals surface area contributed by atoms with E-state index in [1.807, 2.05) is 0 Å². The summed E-state index contributed by atoms with van der Waals surface area (Å²) in [7, 11) is 0. The minimum absolute atomic E-state index is 0.0867. The molecule has 0 aliphatic heterocycles. The van der Waals surface area contributed by atoms with E-state index in [2.05, 4.69) is 15.6 Å². The number of amides is 2. The van der Waals surface area contributed by atoms with Crippen molar-refractivity contribution in [3.05, 3.63) is 0 Å². The summed E-state index contributed by atoms with van der Waals surface area (Å²) < 4.78 is 0. The smallest absolute Gasteiger partial charge is 0.326 e. The summed E-state index contributed by atoms with van der Waals surface area (Å²) in [4.78, 5) is 40.3. The Hall–Kier alpha value is -2.44. The fourth-order valence-electron chi connectivity index (χ4n) is 2.71. The van der Waals surface area contributed by atoms with Gasteiger partial charge in [-0.15, -0.1) is 0 Å². The fraction of sp³-hybridized carbons (Fsp3) is 0.778. The lowest BCUT2D eigenvalue weighted by molar-refractivity contribution is -0.142. The zero-order chi connectivity index (χ0) is 22.9. The average molecular weight is 431 g/mol. The number of nitrogens with two attached hydrogens (primary N) is 5. The van der Waals surface area contributed by atoms with Gasteiger partial charge in [-0.05, 0) is 58.0 Å². The van der Waals surface area contributed by atoms with E-state index in [4.69, 9.17) is 28.7 Å². The number of guanidine groups is 1. The molecule has 0 aromatic carbocycles. The maximum atomic E-state index is 12.7. The van der Waals surface area contributed by atoms with E-state index in [0.717, 1.165) is 6.42 Å². The van der Waals surface area contributed by atoms with Crippen LogP contribution in [0.25, 0.3) is 0 Å². The first-order chi connectivity index (χ1) is 14.2. The molecular formula is C18H38N8O4. The van der Waals surface area contributed by atoms with Crippen LogP contribution in [0.15, 0.2) is 4.99 Å². The van der Waals surface area contributed by atoms with Gasteiger partial charge in [0.15, 0.2) is 5.96 Å². The summed E-state index contributed by atoms with van der Waals surface area (Å²) in [6.07, 6.45) is 3.99. The predicted molar refractivity (Wildman–Crippen MR) is 115 cm³/mol. The van der Waals surface area contributed by atoms with E-state index in [0.29, 0.717) is 51.6 Å². The monoisotopic (exact) mass is 430 g/mol. The number of hydrogen-bond acceptors (Lipinski definition) is 7. The van der Waals surface area contributed by atoms with Crippen LogP contribution in [0.1, 0.15) is 51.4 Å². The Balaban J connectivity index is 4.92. The molecule has 3 atom stereocenters. The molecule has 30 heavy (non-hydrogen) atoms. The summed E-state index contributed by atoms with van der Waals surface area (Å²) in [5.74, 6) is -2.31. The van der Waals surface area contributed by atoms with Crippen molar-refractivity contribution in [2.24, 2.45) is 33.7 Å². The molecule has 0 aromatic heterocycles. The van der Waals surface area contributed by atoms with Crippen LogP contribution in [0.3, 0.4) is 0 Å². The Kier molecular flexibility index (Phi) is 15.0. The molecule has 12 heteroatoms. The van der Waals surface area contributed by atoms with Crippen LogP contribution in [0.2, 0.25) is 0 Å². The molecule has 2 amide bonds. The lowest BCUT2D eigenvalue weighted by Gasteiger charge is -2.23. The van der Waals surface area contributed by atoms with E-state index in [-0.39, 0.29) is 18.9 Å². The second-order valence-electron chi connectivity index (χ2n) is 7.08. The summed E-state index contributed by atoms with van der Waals surface area (Å²) >= 11 is 0. The highest BCUT2D eigenvalue weighted by molar-refractivity contribution is 5.91. The topological polar surface area (TPSA) is 238 Å². The van der Waals surface area contributed by atoms with E-state index in [1.165, 1.54) is 0 Å². The molecule has 12 nitrogen and oxygen atoms in total. The normalized spacial score (nSPS) is 13.7. The molecule has 174 valence electrons. The molecule has 0 rings (SSSR count). The van der Waals surface area contributed by atoms with Gasteiger partial charge < -0.3 is 44.4 Å². The number of aliphatic imine (C=N–C) groups is 1. The number of carbonyl (C=O) groups is 3. The maximum Gasteiger partial charge on any atom is 0.326 e. The quantitative estimate of drug-likeness (QED) is 0.0700. The van der Waals surface area contributed by atoms with Crippen LogP contribution in [-0.4, -0.2) is 66.6 Å². The molecule has 0 fully saturated rings. The molecule has 0 bridgehead atoms. The predicted octanol–water partition coefficient (Wildman–Crippen LogP) is -2.32. The molecular weight excluding hydrogens is 392 g/mol. The Morgan fingerprint density at radius 3 is 1.87 bits per heavy atom. The highest BCUT2D eigenvalue weighted by Crippen LogP contribution is 2.06. The van der Waals surface area contributed by atoms with Crippen LogP contribution in [0, 0.1) is 0 Å². The highest BCUT2D eigenvalue weighted by atomic mass is 16.4. The highest BCUT2D eigenvalue weighted by Gasteiger charge is 2.27. The first kappa shape index (κ1) is 27.6. The van der Waals surface area contributed by atoms with Crippen LogP contribution in [-0.2, 0) is 14.4 Å². The second kappa shape index (κ2) is 16.4. The minimum atomic E-state index is -1.18. The molecule has 0 aliphatic rings. The summed E-state index contributed by atoms with van der Waals surface area (Å²) in [5.41, 5.74) is 27.3. The third kappa shape index (κ3) is 12.9. The van der Waals surface area contributed by atoms with Crippen LogP contribution >= 0.6 is 0 Å². The number of carbonyl (C=O) groups excluding carboxylic acids is 2. The molecule has 0 aromatic rings. The maximum absolute atomic E-state index is 12.7. The third-order valence-electron chi connectivity index (χ3n) is 4.45. The number of nitrogens with one attached hydrogen (secondary N) is 2. The molecule has 0 aliphatic carbocycles. The zero-order valence-corrected chi connectivity index (χ0v) is 17.5. The average Bonchev–Trinajstić information content (AvgIpc) is 2.68. The van der Waals surface area contributed by atoms with Crippen LogP contribution < -0.4 is 39.3 Å². The lowest BCUT2D eigenvalue weighted by Crippen LogP contribution is -2.54. The van der Waals surface area contributed by atoms with Crippen molar-refractivity contribution in [1.29, 1.82) is 0 Å². The number of hydrogen-bond donors (Lipinski definition) is 8. The lowest BCUT2D eigenvalue weighted by atomic mass is 10.0. The Morgan fingerprint density at radius 2 is 1.33 bits per heavy atom.